The summed E-state index contributed by atoms with van der Waals surface area (Å²) in [4.78, 5) is 16.5. The summed E-state index contributed by atoms with van der Waals surface area (Å²) < 4.78 is 0. The van der Waals surface area contributed by atoms with E-state index in [1.807, 2.05) is 72.8 Å². The Hall–Kier alpha value is -4.38. The maximum atomic E-state index is 9.75. The van der Waals surface area contributed by atoms with Crippen LogP contribution >= 0.6 is 0 Å². The highest BCUT2D eigenvalue weighted by Crippen LogP contribution is 2.31. The van der Waals surface area contributed by atoms with Crippen LogP contribution in [0.1, 0.15) is 22.8 Å². The average Bonchev–Trinajstić information content (AvgIpc) is 3.55. The Balaban J connectivity index is 1.71. The first-order valence-electron chi connectivity index (χ1n) is 10.1. The average molecular weight is 402 g/mol. The zero-order valence-corrected chi connectivity index (χ0v) is 16.5. The standard InChI is InChI=1S/C26H18N4O/c31-23-9-1-16(2-10-23)26-24-11-7-21(29-24)14-19-5-3-17(27-19)13-18-4-6-20(28-18)15-22-8-12-25(26)30-22/h1-15,27,30-31H. The van der Waals surface area contributed by atoms with E-state index in [1.54, 1.807) is 12.1 Å². The van der Waals surface area contributed by atoms with Crippen LogP contribution < -0.4 is 0 Å². The predicted molar refractivity (Wildman–Crippen MR) is 126 cm³/mol. The number of nitrogens with zero attached hydrogens (tertiary/aromatic N) is 2. The van der Waals surface area contributed by atoms with Crippen molar-refractivity contribution in [2.45, 2.75) is 0 Å². The van der Waals surface area contributed by atoms with Crippen molar-refractivity contribution in [2.75, 3.05) is 0 Å². The first-order chi connectivity index (χ1) is 15.2. The van der Waals surface area contributed by atoms with E-state index in [0.29, 0.717) is 0 Å². The number of aromatic amines is 2. The number of aromatic hydroxyl groups is 1. The van der Waals surface area contributed by atoms with Crippen molar-refractivity contribution in [2.24, 2.45) is 0 Å². The van der Waals surface area contributed by atoms with Gasteiger partial charge in [-0.1, -0.05) is 12.1 Å². The second kappa shape index (κ2) is 6.85. The van der Waals surface area contributed by atoms with Crippen molar-refractivity contribution in [3.8, 4) is 16.9 Å². The molecule has 0 radical (unpaired) electrons. The number of rotatable bonds is 1. The molecule has 0 saturated carbocycles. The van der Waals surface area contributed by atoms with Gasteiger partial charge < -0.3 is 15.1 Å². The fourth-order valence-electron chi connectivity index (χ4n) is 3.94. The molecule has 1 aromatic carbocycles. The number of nitrogens with one attached hydrogen (secondary N) is 2. The highest BCUT2D eigenvalue weighted by molar-refractivity contribution is 5.91. The van der Waals surface area contributed by atoms with E-state index >= 15 is 0 Å². The third-order valence-corrected chi connectivity index (χ3v) is 5.38. The molecule has 2 aliphatic rings. The van der Waals surface area contributed by atoms with Crippen LogP contribution in [-0.4, -0.2) is 25.0 Å². The Labute approximate surface area is 178 Å². The molecule has 6 rings (SSSR count). The molecule has 31 heavy (non-hydrogen) atoms. The van der Waals surface area contributed by atoms with Crippen molar-refractivity contribution in [3.63, 3.8) is 0 Å². The summed E-state index contributed by atoms with van der Waals surface area (Å²) in [7, 11) is 0. The second-order valence-electron chi connectivity index (χ2n) is 7.60. The van der Waals surface area contributed by atoms with E-state index in [0.717, 1.165) is 56.0 Å². The first-order valence-corrected chi connectivity index (χ1v) is 10.1. The Morgan fingerprint density at radius 1 is 0.581 bits per heavy atom. The maximum absolute atomic E-state index is 9.75. The predicted octanol–water partition coefficient (Wildman–Crippen LogP) is 6.03. The molecule has 148 valence electrons. The van der Waals surface area contributed by atoms with Gasteiger partial charge in [0.2, 0.25) is 0 Å². The highest BCUT2D eigenvalue weighted by atomic mass is 16.3. The van der Waals surface area contributed by atoms with Crippen LogP contribution in [0.15, 0.2) is 66.7 Å². The van der Waals surface area contributed by atoms with Crippen LogP contribution in [0.25, 0.3) is 57.5 Å². The number of H-pyrrole nitrogens is 2. The zero-order valence-electron chi connectivity index (χ0n) is 16.5. The molecule has 5 nitrogen and oxygen atoms in total. The van der Waals surface area contributed by atoms with Gasteiger partial charge in [0.1, 0.15) is 5.75 Å². The Morgan fingerprint density at radius 3 is 1.87 bits per heavy atom. The molecule has 5 heterocycles. The summed E-state index contributed by atoms with van der Waals surface area (Å²) >= 11 is 0. The van der Waals surface area contributed by atoms with E-state index < -0.39 is 0 Å². The molecule has 0 atom stereocenters. The van der Waals surface area contributed by atoms with Crippen LogP contribution in [0.3, 0.4) is 0 Å². The lowest BCUT2D eigenvalue weighted by atomic mass is 10.0. The number of benzene rings is 1. The van der Waals surface area contributed by atoms with Crippen molar-refractivity contribution in [1.82, 2.24) is 19.9 Å². The zero-order chi connectivity index (χ0) is 20.8. The number of phenols is 1. The fraction of sp³-hybridized carbons (Fsp3) is 0. The maximum Gasteiger partial charge on any atom is 0.115 e. The topological polar surface area (TPSA) is 77.6 Å². The molecule has 8 bridgehead atoms. The molecule has 0 saturated heterocycles. The quantitative estimate of drug-likeness (QED) is 0.314. The normalized spacial score (nSPS) is 12.4. The lowest BCUT2D eigenvalue weighted by Gasteiger charge is -2.04. The van der Waals surface area contributed by atoms with E-state index in [9.17, 15) is 5.11 Å². The van der Waals surface area contributed by atoms with Crippen molar-refractivity contribution in [1.29, 1.82) is 0 Å². The molecule has 5 heteroatoms. The van der Waals surface area contributed by atoms with Gasteiger partial charge in [-0.05, 0) is 84.5 Å². The summed E-state index contributed by atoms with van der Waals surface area (Å²) in [5.41, 5.74) is 9.38. The summed E-state index contributed by atoms with van der Waals surface area (Å²) in [6.45, 7) is 0. The van der Waals surface area contributed by atoms with Gasteiger partial charge in [0.05, 0.1) is 22.8 Å². The SMILES string of the molecule is Oc1ccc(-c2c3nc(cc4ccc(cc5nc(cc6ccc2[nH]6)C=C5)[nH]4)C=C3)cc1. The smallest absolute Gasteiger partial charge is 0.115 e. The summed E-state index contributed by atoms with van der Waals surface area (Å²) in [5.74, 6) is 0.236. The van der Waals surface area contributed by atoms with Gasteiger partial charge in [0, 0.05) is 27.6 Å². The van der Waals surface area contributed by atoms with Crippen LogP contribution in [0.2, 0.25) is 0 Å². The first kappa shape index (κ1) is 17.5. The summed E-state index contributed by atoms with van der Waals surface area (Å²) in [5, 5.41) is 9.75. The molecule has 0 amide bonds. The Morgan fingerprint density at radius 2 is 1.16 bits per heavy atom. The van der Waals surface area contributed by atoms with E-state index in [4.69, 9.17) is 9.97 Å². The minimum absolute atomic E-state index is 0.236. The minimum Gasteiger partial charge on any atom is -0.508 e. The van der Waals surface area contributed by atoms with Crippen LogP contribution in [0.4, 0.5) is 0 Å². The molecular weight excluding hydrogens is 384 g/mol. The van der Waals surface area contributed by atoms with E-state index in [1.165, 1.54) is 0 Å². The number of fused-ring (bicyclic) bond motifs is 8. The number of aromatic nitrogens is 4. The van der Waals surface area contributed by atoms with Gasteiger partial charge >= 0.3 is 0 Å². The molecule has 0 aliphatic carbocycles. The minimum atomic E-state index is 0.236. The Kier molecular flexibility index (Phi) is 3.86. The lowest BCUT2D eigenvalue weighted by Crippen LogP contribution is -1.85. The van der Waals surface area contributed by atoms with Crippen LogP contribution in [0.5, 0.6) is 5.75 Å². The third kappa shape index (κ3) is 3.32. The van der Waals surface area contributed by atoms with Crippen LogP contribution in [0, 0.1) is 0 Å². The summed E-state index contributed by atoms with van der Waals surface area (Å²) in [6.07, 6.45) is 8.06. The Bertz CT molecular complexity index is 1540. The molecule has 0 unspecified atom stereocenters. The van der Waals surface area contributed by atoms with Crippen molar-refractivity contribution >= 4 is 46.4 Å². The van der Waals surface area contributed by atoms with Gasteiger partial charge in [0.15, 0.2) is 0 Å². The molecular formula is C26H18N4O. The number of phenolic OH excluding ortho intramolecular Hbond substituents is 1. The largest absolute Gasteiger partial charge is 0.508 e. The van der Waals surface area contributed by atoms with Gasteiger partial charge in [-0.2, -0.15) is 0 Å². The number of hydrogen-bond donors (Lipinski definition) is 3. The molecule has 4 aromatic rings. The fourth-order valence-corrected chi connectivity index (χ4v) is 3.94. The molecule has 2 aliphatic heterocycles. The summed E-state index contributed by atoms with van der Waals surface area (Å²) in [6, 6.07) is 21.5. The van der Waals surface area contributed by atoms with Crippen molar-refractivity contribution < 1.29 is 5.11 Å². The molecule has 3 aromatic heterocycles. The van der Waals surface area contributed by atoms with E-state index in [-0.39, 0.29) is 5.75 Å². The van der Waals surface area contributed by atoms with E-state index in [2.05, 4.69) is 16.0 Å². The van der Waals surface area contributed by atoms with Gasteiger partial charge in [0.25, 0.3) is 0 Å². The van der Waals surface area contributed by atoms with Gasteiger partial charge in [-0.15, -0.1) is 0 Å². The van der Waals surface area contributed by atoms with Gasteiger partial charge in [-0.3, -0.25) is 0 Å². The monoisotopic (exact) mass is 402 g/mol. The van der Waals surface area contributed by atoms with Crippen molar-refractivity contribution in [3.05, 3.63) is 89.5 Å². The number of hydrogen-bond acceptors (Lipinski definition) is 3. The van der Waals surface area contributed by atoms with Crippen LogP contribution in [-0.2, 0) is 0 Å². The second-order valence-corrected chi connectivity index (χ2v) is 7.60. The molecule has 0 fully saturated rings. The highest BCUT2D eigenvalue weighted by Gasteiger charge is 2.11. The molecule has 3 N–H and O–H groups in total. The van der Waals surface area contributed by atoms with Gasteiger partial charge in [-0.25, -0.2) is 9.97 Å². The lowest BCUT2D eigenvalue weighted by molar-refractivity contribution is 0.475. The molecule has 0 spiro atoms. The third-order valence-electron chi connectivity index (χ3n) is 5.38.